The van der Waals surface area contributed by atoms with Crippen LogP contribution in [0.3, 0.4) is 0 Å². The van der Waals surface area contributed by atoms with E-state index >= 15 is 0 Å². The van der Waals surface area contributed by atoms with Crippen molar-refractivity contribution in [3.05, 3.63) is 29.3 Å². The van der Waals surface area contributed by atoms with Gasteiger partial charge in [0.2, 0.25) is 0 Å². The maximum atomic E-state index is 6.22. The van der Waals surface area contributed by atoms with Gasteiger partial charge in [0.05, 0.1) is 16.8 Å². The highest BCUT2D eigenvalue weighted by molar-refractivity contribution is 7.18. The molecule has 1 aliphatic carbocycles. The van der Waals surface area contributed by atoms with E-state index in [2.05, 4.69) is 30.4 Å². The fourth-order valence-electron chi connectivity index (χ4n) is 3.82. The van der Waals surface area contributed by atoms with Gasteiger partial charge in [-0.3, -0.25) is 0 Å². The molecule has 0 radical (unpaired) electrons. The molecule has 1 spiro atoms. The van der Waals surface area contributed by atoms with Gasteiger partial charge in [0, 0.05) is 12.1 Å². The molecule has 1 saturated heterocycles. The first-order chi connectivity index (χ1) is 10.2. The van der Waals surface area contributed by atoms with Crippen LogP contribution in [0, 0.1) is 5.92 Å². The first-order valence-corrected chi connectivity index (χ1v) is 8.78. The van der Waals surface area contributed by atoms with Gasteiger partial charge in [0.25, 0.3) is 0 Å². The SMILES string of the molecule is CC1CCCC2(COC(c3nc4ccccc4s3)CN2)C1. The Morgan fingerprint density at radius 1 is 1.38 bits per heavy atom. The monoisotopic (exact) mass is 302 g/mol. The molecule has 4 rings (SSSR count). The molecule has 21 heavy (non-hydrogen) atoms. The molecule has 3 nitrogen and oxygen atoms in total. The third-order valence-corrected chi connectivity index (χ3v) is 6.03. The van der Waals surface area contributed by atoms with E-state index in [0.717, 1.165) is 29.6 Å². The smallest absolute Gasteiger partial charge is 0.124 e. The molecular weight excluding hydrogens is 280 g/mol. The number of morpholine rings is 1. The maximum Gasteiger partial charge on any atom is 0.124 e. The van der Waals surface area contributed by atoms with Crippen molar-refractivity contribution >= 4 is 21.6 Å². The minimum atomic E-state index is 0.116. The lowest BCUT2D eigenvalue weighted by atomic mass is 9.76. The van der Waals surface area contributed by atoms with Crippen molar-refractivity contribution in [1.29, 1.82) is 0 Å². The Morgan fingerprint density at radius 2 is 2.29 bits per heavy atom. The standard InChI is InChI=1S/C17H22N2OS/c1-12-5-4-8-17(9-12)11-20-14(10-18-17)16-19-13-6-2-3-7-15(13)21-16/h2-3,6-7,12,14,18H,4-5,8-11H2,1H3. The van der Waals surface area contributed by atoms with E-state index in [-0.39, 0.29) is 11.6 Å². The minimum absolute atomic E-state index is 0.116. The summed E-state index contributed by atoms with van der Waals surface area (Å²) in [6.07, 6.45) is 5.31. The van der Waals surface area contributed by atoms with Crippen LogP contribution in [-0.4, -0.2) is 23.7 Å². The Balaban J connectivity index is 1.49. The zero-order chi connectivity index (χ0) is 14.3. The third kappa shape index (κ3) is 2.60. The van der Waals surface area contributed by atoms with E-state index in [9.17, 15) is 0 Å². The van der Waals surface area contributed by atoms with Crippen LogP contribution < -0.4 is 5.32 Å². The molecule has 2 heterocycles. The lowest BCUT2D eigenvalue weighted by molar-refractivity contribution is -0.0527. The summed E-state index contributed by atoms with van der Waals surface area (Å²) in [7, 11) is 0. The number of aromatic nitrogens is 1. The van der Waals surface area contributed by atoms with Gasteiger partial charge in [0.15, 0.2) is 0 Å². The molecule has 0 bridgehead atoms. The highest BCUT2D eigenvalue weighted by Crippen LogP contribution is 2.37. The van der Waals surface area contributed by atoms with Crippen LogP contribution in [0.2, 0.25) is 0 Å². The molecule has 3 unspecified atom stereocenters. The van der Waals surface area contributed by atoms with Crippen molar-refractivity contribution < 1.29 is 4.74 Å². The highest BCUT2D eigenvalue weighted by Gasteiger charge is 2.39. The average Bonchev–Trinajstić information content (AvgIpc) is 2.91. The molecule has 1 aromatic heterocycles. The average molecular weight is 302 g/mol. The van der Waals surface area contributed by atoms with Crippen molar-refractivity contribution in [3.63, 3.8) is 0 Å². The third-order valence-electron chi connectivity index (χ3n) is 4.90. The van der Waals surface area contributed by atoms with Gasteiger partial charge in [-0.15, -0.1) is 11.3 Å². The van der Waals surface area contributed by atoms with E-state index in [4.69, 9.17) is 9.72 Å². The number of benzene rings is 1. The molecule has 1 saturated carbocycles. The summed E-state index contributed by atoms with van der Waals surface area (Å²) in [6, 6.07) is 8.33. The number of nitrogens with one attached hydrogen (secondary N) is 1. The molecule has 2 aliphatic rings. The van der Waals surface area contributed by atoms with E-state index in [1.165, 1.54) is 30.4 Å². The molecule has 0 amide bonds. The Bertz CT molecular complexity index is 598. The van der Waals surface area contributed by atoms with Crippen molar-refractivity contribution in [2.24, 2.45) is 5.92 Å². The first-order valence-electron chi connectivity index (χ1n) is 7.96. The number of ether oxygens (including phenoxy) is 1. The van der Waals surface area contributed by atoms with Crippen LogP contribution in [0.4, 0.5) is 0 Å². The zero-order valence-electron chi connectivity index (χ0n) is 12.5. The van der Waals surface area contributed by atoms with Crippen LogP contribution in [0.15, 0.2) is 24.3 Å². The Hall–Kier alpha value is -0.970. The van der Waals surface area contributed by atoms with Crippen molar-refractivity contribution in [1.82, 2.24) is 10.3 Å². The van der Waals surface area contributed by atoms with Gasteiger partial charge in [-0.2, -0.15) is 0 Å². The number of hydrogen-bond acceptors (Lipinski definition) is 4. The number of para-hydroxylation sites is 1. The molecule has 1 N–H and O–H groups in total. The lowest BCUT2D eigenvalue weighted by Gasteiger charge is -2.45. The zero-order valence-corrected chi connectivity index (χ0v) is 13.3. The first kappa shape index (κ1) is 13.7. The highest BCUT2D eigenvalue weighted by atomic mass is 32.1. The predicted molar refractivity (Wildman–Crippen MR) is 86.7 cm³/mol. The summed E-state index contributed by atoms with van der Waals surface area (Å²) in [5.41, 5.74) is 1.32. The Labute approximate surface area is 129 Å². The van der Waals surface area contributed by atoms with Gasteiger partial charge >= 0.3 is 0 Å². The molecule has 1 aromatic carbocycles. The molecule has 3 atom stereocenters. The molecule has 2 aromatic rings. The fraction of sp³-hybridized carbons (Fsp3) is 0.588. The number of rotatable bonds is 1. The van der Waals surface area contributed by atoms with Crippen LogP contribution in [0.25, 0.3) is 10.2 Å². The minimum Gasteiger partial charge on any atom is -0.368 e. The van der Waals surface area contributed by atoms with Crippen LogP contribution in [0.5, 0.6) is 0 Å². The summed E-state index contributed by atoms with van der Waals surface area (Å²) in [4.78, 5) is 4.74. The van der Waals surface area contributed by atoms with Crippen molar-refractivity contribution in [2.45, 2.75) is 44.2 Å². The molecule has 1 aliphatic heterocycles. The van der Waals surface area contributed by atoms with Gasteiger partial charge in [0.1, 0.15) is 11.1 Å². The number of hydrogen-bond donors (Lipinski definition) is 1. The summed E-state index contributed by atoms with van der Waals surface area (Å²) >= 11 is 1.76. The normalized spacial score (nSPS) is 33.6. The largest absolute Gasteiger partial charge is 0.368 e. The summed E-state index contributed by atoms with van der Waals surface area (Å²) in [5, 5.41) is 4.91. The van der Waals surface area contributed by atoms with Crippen molar-refractivity contribution in [3.8, 4) is 0 Å². The maximum absolute atomic E-state index is 6.22. The second-order valence-electron chi connectivity index (χ2n) is 6.68. The van der Waals surface area contributed by atoms with E-state index in [1.807, 2.05) is 6.07 Å². The number of thiazole rings is 1. The van der Waals surface area contributed by atoms with Gasteiger partial charge < -0.3 is 10.1 Å². The lowest BCUT2D eigenvalue weighted by Crippen LogP contribution is -2.56. The van der Waals surface area contributed by atoms with Crippen LogP contribution >= 0.6 is 11.3 Å². The summed E-state index contributed by atoms with van der Waals surface area (Å²) in [5.74, 6) is 0.814. The van der Waals surface area contributed by atoms with E-state index < -0.39 is 0 Å². The Kier molecular flexibility index (Phi) is 3.48. The molecule has 2 fully saturated rings. The van der Waals surface area contributed by atoms with E-state index in [1.54, 1.807) is 11.3 Å². The van der Waals surface area contributed by atoms with Crippen LogP contribution in [0.1, 0.15) is 43.7 Å². The molecule has 4 heteroatoms. The van der Waals surface area contributed by atoms with E-state index in [0.29, 0.717) is 0 Å². The number of nitrogens with zero attached hydrogens (tertiary/aromatic N) is 1. The fourth-order valence-corrected chi connectivity index (χ4v) is 4.83. The second-order valence-corrected chi connectivity index (χ2v) is 7.74. The van der Waals surface area contributed by atoms with Crippen molar-refractivity contribution in [2.75, 3.05) is 13.2 Å². The molecule has 112 valence electrons. The summed E-state index contributed by atoms with van der Waals surface area (Å²) in [6.45, 7) is 4.09. The quantitative estimate of drug-likeness (QED) is 0.867. The van der Waals surface area contributed by atoms with Crippen LogP contribution in [-0.2, 0) is 4.74 Å². The van der Waals surface area contributed by atoms with Gasteiger partial charge in [-0.05, 0) is 30.9 Å². The summed E-state index contributed by atoms with van der Waals surface area (Å²) < 4.78 is 7.47. The molecular formula is C17H22N2OS. The topological polar surface area (TPSA) is 34.1 Å². The van der Waals surface area contributed by atoms with Gasteiger partial charge in [-0.1, -0.05) is 31.9 Å². The number of fused-ring (bicyclic) bond motifs is 1. The Morgan fingerprint density at radius 3 is 3.05 bits per heavy atom. The van der Waals surface area contributed by atoms with Gasteiger partial charge in [-0.25, -0.2) is 4.98 Å². The second kappa shape index (κ2) is 5.34. The predicted octanol–water partition coefficient (Wildman–Crippen LogP) is 3.91.